The maximum absolute atomic E-state index is 12.0. The van der Waals surface area contributed by atoms with Crippen LogP contribution in [0.2, 0.25) is 0 Å². The first kappa shape index (κ1) is 12.8. The first-order valence-electron chi connectivity index (χ1n) is 5.34. The number of urea groups is 1. The number of nitrogens with zero attached hydrogens (tertiary/aromatic N) is 2. The highest BCUT2D eigenvalue weighted by atomic mass is 19.1. The molecule has 0 heterocycles. The maximum Gasteiger partial charge on any atom is 0.340 e. The van der Waals surface area contributed by atoms with Gasteiger partial charge in [0.2, 0.25) is 0 Å². The van der Waals surface area contributed by atoms with Crippen LogP contribution in [0, 0.1) is 4.91 Å². The van der Waals surface area contributed by atoms with E-state index in [2.05, 4.69) is 10.6 Å². The molecular formula is C9H16FN3O3. The van der Waals surface area contributed by atoms with Crippen molar-refractivity contribution in [2.45, 2.75) is 37.8 Å². The highest BCUT2D eigenvalue weighted by Crippen LogP contribution is 2.18. The molecule has 1 fully saturated rings. The standard InChI is InChI=1S/C9H16FN3O3/c10-5-6-13(12-16)9(15)11-7-3-1-2-4-8(7)14/h7-8,14H,1-6H2,(H,11,15)/t7-,8+/m0/s1. The third-order valence-corrected chi connectivity index (χ3v) is 2.67. The number of halogens is 1. The molecule has 0 spiro atoms. The quantitative estimate of drug-likeness (QED) is 0.560. The van der Waals surface area contributed by atoms with Crippen molar-refractivity contribution in [1.82, 2.24) is 10.3 Å². The minimum absolute atomic E-state index is 0.363. The summed E-state index contributed by atoms with van der Waals surface area (Å²) in [6, 6.07) is -1.12. The lowest BCUT2D eigenvalue weighted by Gasteiger charge is -2.29. The summed E-state index contributed by atoms with van der Waals surface area (Å²) in [5.74, 6) is 0. The number of carbonyl (C=O) groups is 1. The number of nitrogens with one attached hydrogen (secondary N) is 1. The van der Waals surface area contributed by atoms with Crippen molar-refractivity contribution >= 4 is 6.03 Å². The molecule has 0 aromatic carbocycles. The van der Waals surface area contributed by atoms with Crippen molar-refractivity contribution in [2.24, 2.45) is 5.29 Å². The highest BCUT2D eigenvalue weighted by Gasteiger charge is 2.26. The lowest BCUT2D eigenvalue weighted by Crippen LogP contribution is -2.49. The van der Waals surface area contributed by atoms with E-state index in [4.69, 9.17) is 0 Å². The zero-order valence-electron chi connectivity index (χ0n) is 8.93. The van der Waals surface area contributed by atoms with Gasteiger partial charge in [0.25, 0.3) is 0 Å². The van der Waals surface area contributed by atoms with Crippen LogP contribution < -0.4 is 5.32 Å². The molecule has 1 saturated carbocycles. The van der Waals surface area contributed by atoms with E-state index in [0.717, 1.165) is 12.8 Å². The first-order chi connectivity index (χ1) is 7.69. The Kier molecular flexibility index (Phi) is 5.10. The summed E-state index contributed by atoms with van der Waals surface area (Å²) in [6.07, 6.45) is 2.53. The third-order valence-electron chi connectivity index (χ3n) is 2.67. The van der Waals surface area contributed by atoms with Crippen LogP contribution in [0.15, 0.2) is 5.29 Å². The van der Waals surface area contributed by atoms with Crippen LogP contribution in [-0.2, 0) is 0 Å². The molecule has 0 aliphatic heterocycles. The molecule has 0 aromatic heterocycles. The van der Waals surface area contributed by atoms with Gasteiger partial charge in [0.05, 0.1) is 24.0 Å². The second kappa shape index (κ2) is 6.37. The second-order valence-corrected chi connectivity index (χ2v) is 3.80. The summed E-state index contributed by atoms with van der Waals surface area (Å²) in [5.41, 5.74) is 0. The van der Waals surface area contributed by atoms with Crippen molar-refractivity contribution in [1.29, 1.82) is 0 Å². The van der Waals surface area contributed by atoms with Gasteiger partial charge in [-0.05, 0) is 12.8 Å². The molecule has 2 atom stereocenters. The Balaban J connectivity index is 2.44. The van der Waals surface area contributed by atoms with Crippen LogP contribution in [0.4, 0.5) is 9.18 Å². The van der Waals surface area contributed by atoms with Crippen LogP contribution in [-0.4, -0.2) is 41.5 Å². The summed E-state index contributed by atoms with van der Waals surface area (Å²) >= 11 is 0. The Hall–Kier alpha value is -1.24. The fourth-order valence-electron chi connectivity index (χ4n) is 1.77. The largest absolute Gasteiger partial charge is 0.391 e. The van der Waals surface area contributed by atoms with Crippen molar-refractivity contribution in [3.63, 3.8) is 0 Å². The molecule has 1 aliphatic rings. The zero-order chi connectivity index (χ0) is 12.0. The van der Waals surface area contributed by atoms with E-state index < -0.39 is 18.8 Å². The van der Waals surface area contributed by atoms with E-state index in [9.17, 15) is 19.2 Å². The number of alkyl halides is 1. The number of hydrogen-bond donors (Lipinski definition) is 2. The van der Waals surface area contributed by atoms with Gasteiger partial charge in [0.15, 0.2) is 0 Å². The van der Waals surface area contributed by atoms with Gasteiger partial charge in [0, 0.05) is 0 Å². The summed E-state index contributed by atoms with van der Waals surface area (Å²) in [4.78, 5) is 21.7. The Morgan fingerprint density at radius 2 is 2.19 bits per heavy atom. The van der Waals surface area contributed by atoms with Crippen LogP contribution in [0.25, 0.3) is 0 Å². The number of carbonyl (C=O) groups excluding carboxylic acids is 1. The molecule has 7 heteroatoms. The molecule has 1 rings (SSSR count). The van der Waals surface area contributed by atoms with Gasteiger partial charge in [0.1, 0.15) is 6.67 Å². The van der Waals surface area contributed by atoms with Crippen molar-refractivity contribution < 1.29 is 14.3 Å². The average Bonchev–Trinajstić information content (AvgIpc) is 2.29. The normalized spacial score (nSPS) is 24.9. The molecule has 0 bridgehead atoms. The molecule has 2 amide bonds. The smallest absolute Gasteiger partial charge is 0.340 e. The van der Waals surface area contributed by atoms with Gasteiger partial charge < -0.3 is 10.4 Å². The SMILES string of the molecule is O=NN(CCF)C(=O)N[C@H]1CCCC[C@H]1O. The molecule has 0 aromatic rings. The van der Waals surface area contributed by atoms with Crippen LogP contribution >= 0.6 is 0 Å². The number of rotatable bonds is 4. The fourth-order valence-corrected chi connectivity index (χ4v) is 1.77. The lowest BCUT2D eigenvalue weighted by atomic mass is 9.93. The van der Waals surface area contributed by atoms with Gasteiger partial charge in [-0.2, -0.15) is 5.01 Å². The molecular weight excluding hydrogens is 217 g/mol. The second-order valence-electron chi connectivity index (χ2n) is 3.80. The number of nitroso groups, excluding NO2 is 1. The fraction of sp³-hybridized carbons (Fsp3) is 0.889. The zero-order valence-corrected chi connectivity index (χ0v) is 8.93. The van der Waals surface area contributed by atoms with E-state index in [1.54, 1.807) is 0 Å². The van der Waals surface area contributed by atoms with Crippen molar-refractivity contribution in [2.75, 3.05) is 13.2 Å². The topological polar surface area (TPSA) is 82.0 Å². The Bertz CT molecular complexity index is 252. The number of hydrogen-bond acceptors (Lipinski definition) is 4. The molecule has 1 aliphatic carbocycles. The summed E-state index contributed by atoms with van der Waals surface area (Å²) in [7, 11) is 0. The summed E-state index contributed by atoms with van der Waals surface area (Å²) in [5, 5.41) is 15.0. The van der Waals surface area contributed by atoms with E-state index in [-0.39, 0.29) is 12.6 Å². The first-order valence-corrected chi connectivity index (χ1v) is 5.34. The van der Waals surface area contributed by atoms with E-state index in [1.807, 2.05) is 0 Å². The number of amides is 2. The Morgan fingerprint density at radius 3 is 2.75 bits per heavy atom. The van der Waals surface area contributed by atoms with Gasteiger partial charge >= 0.3 is 6.03 Å². The highest BCUT2D eigenvalue weighted by molar-refractivity contribution is 5.74. The molecule has 92 valence electrons. The Labute approximate surface area is 92.7 Å². The minimum Gasteiger partial charge on any atom is -0.391 e. The Morgan fingerprint density at radius 1 is 1.50 bits per heavy atom. The third kappa shape index (κ3) is 3.41. The van der Waals surface area contributed by atoms with Crippen LogP contribution in [0.1, 0.15) is 25.7 Å². The van der Waals surface area contributed by atoms with Crippen molar-refractivity contribution in [3.05, 3.63) is 4.91 Å². The summed E-state index contributed by atoms with van der Waals surface area (Å²) in [6.45, 7) is -1.19. The maximum atomic E-state index is 12.0. The molecule has 0 unspecified atom stereocenters. The molecule has 0 radical (unpaired) electrons. The van der Waals surface area contributed by atoms with Crippen LogP contribution in [0.5, 0.6) is 0 Å². The van der Waals surface area contributed by atoms with Crippen LogP contribution in [0.3, 0.4) is 0 Å². The predicted molar refractivity (Wildman–Crippen MR) is 55.3 cm³/mol. The number of aliphatic hydroxyl groups excluding tert-OH is 1. The van der Waals surface area contributed by atoms with E-state index in [1.165, 1.54) is 0 Å². The van der Waals surface area contributed by atoms with E-state index >= 15 is 0 Å². The van der Waals surface area contributed by atoms with Gasteiger partial charge in [-0.15, -0.1) is 4.91 Å². The van der Waals surface area contributed by atoms with Gasteiger partial charge in [-0.1, -0.05) is 12.8 Å². The minimum atomic E-state index is -0.827. The molecule has 0 saturated heterocycles. The molecule has 2 N–H and O–H groups in total. The molecule has 6 nitrogen and oxygen atoms in total. The lowest BCUT2D eigenvalue weighted by molar-refractivity contribution is 0.0896. The van der Waals surface area contributed by atoms with Gasteiger partial charge in [-0.25, -0.2) is 9.18 Å². The average molecular weight is 233 g/mol. The van der Waals surface area contributed by atoms with Crippen molar-refractivity contribution in [3.8, 4) is 0 Å². The molecule has 16 heavy (non-hydrogen) atoms. The number of aliphatic hydroxyl groups is 1. The monoisotopic (exact) mass is 233 g/mol. The van der Waals surface area contributed by atoms with E-state index in [0.29, 0.717) is 17.9 Å². The van der Waals surface area contributed by atoms with Gasteiger partial charge in [-0.3, -0.25) is 0 Å². The summed E-state index contributed by atoms with van der Waals surface area (Å²) < 4.78 is 12.0. The predicted octanol–water partition coefficient (Wildman–Crippen LogP) is 0.952.